The summed E-state index contributed by atoms with van der Waals surface area (Å²) in [7, 11) is 0. The Hall–Kier alpha value is -8.78. The van der Waals surface area contributed by atoms with Crippen LogP contribution >= 0.6 is 0 Å². The van der Waals surface area contributed by atoms with Crippen LogP contribution in [0.2, 0.25) is 0 Å². The van der Waals surface area contributed by atoms with E-state index in [1.54, 1.807) is 13.0 Å². The predicted molar refractivity (Wildman–Crippen MR) is 278 cm³/mol. The minimum absolute atomic E-state index is 0.0437. The molecule has 2 aliphatic rings. The fourth-order valence-corrected chi connectivity index (χ4v) is 10.1. The number of halogens is 19. The van der Waals surface area contributed by atoms with E-state index < -0.39 is 156 Å². The molecule has 6 aromatic rings. The SMILES string of the molecule is C=C(C)C(=O)OCCOC(=O)c1ccccc1-c1c2ccc(=[N+](CC)CC)cc-2oc2cc(N(CC)CC)ccc12.Cc1c(F)c(F)c([B-](c2c(F)c(F)c(F)c(F)c2F)(c2c(F)c(F)c(F)c(F)c2F)c2c(F)c(F)c(F)c(F)c2F)c(F)c1F. The zero-order valence-electron chi connectivity index (χ0n) is 45.4. The highest BCUT2D eigenvalue weighted by Gasteiger charge is 2.52. The van der Waals surface area contributed by atoms with Crippen molar-refractivity contribution < 1.29 is 107 Å². The van der Waals surface area contributed by atoms with Gasteiger partial charge < -0.3 is 18.8 Å². The highest BCUT2D eigenvalue weighted by Crippen LogP contribution is 2.42. The quantitative estimate of drug-likeness (QED) is 0.0117. The van der Waals surface area contributed by atoms with Gasteiger partial charge in [-0.2, -0.15) is 0 Å². The molecular weight excluding hydrogens is 1190 g/mol. The molecule has 0 atom stereocenters. The maximum atomic E-state index is 15.6. The van der Waals surface area contributed by atoms with Crippen LogP contribution in [-0.4, -0.2) is 57.5 Å². The summed E-state index contributed by atoms with van der Waals surface area (Å²) in [6.07, 6.45) is -7.05. The minimum Gasteiger partial charge on any atom is -0.459 e. The molecule has 0 amide bonds. The standard InChI is InChI=1S/C34H39N2O5.C25H3BF19/c1-7-35(8-2)24-15-17-28-30(21-24)41-31-22-25(36(9-3)10-4)16-18-29(31)32(28)26-13-11-12-14-27(26)34(38)40-20-19-39-33(37)23(5)6;1-2-7(27)9(29)3(10(30)8(2)28)26(4-11(31)17(37)23(43)18(38)12(4)32,5-13(33)19(39)24(44)20(40)14(5)34)6-15(35)21(41)25(45)22(42)16(6)36/h11-18,21-22H,5,7-10,19-20H2,1-4,6H3;1H3/q+1;-1. The summed E-state index contributed by atoms with van der Waals surface area (Å²) in [5.74, 6) is -65.1. The second-order valence-electron chi connectivity index (χ2n) is 18.9. The lowest BCUT2D eigenvalue weighted by Gasteiger charge is -2.45. The van der Waals surface area contributed by atoms with Gasteiger partial charge in [0.05, 0.1) is 11.6 Å². The first-order valence-electron chi connectivity index (χ1n) is 25.5. The Bertz CT molecular complexity index is 3730. The number of fused-ring (bicyclic) bond motifs is 2. The lowest BCUT2D eigenvalue weighted by molar-refractivity contribution is -0.140. The third-order valence-corrected chi connectivity index (χ3v) is 14.2. The molecule has 0 saturated carbocycles. The van der Waals surface area contributed by atoms with Crippen LogP contribution in [0.15, 0.2) is 77.2 Å². The first-order chi connectivity index (χ1) is 40.5. The second kappa shape index (κ2) is 25.4. The van der Waals surface area contributed by atoms with Crippen LogP contribution < -0.4 is 36.7 Å². The van der Waals surface area contributed by atoms with Gasteiger partial charge in [-0.05, 0) is 71.4 Å². The van der Waals surface area contributed by atoms with E-state index in [1.165, 1.54) is 0 Å². The molecule has 0 spiro atoms. The largest absolute Gasteiger partial charge is 0.459 e. The van der Waals surface area contributed by atoms with Crippen molar-refractivity contribution in [3.63, 3.8) is 0 Å². The summed E-state index contributed by atoms with van der Waals surface area (Å²) in [6, 6.07) is 19.9. The van der Waals surface area contributed by atoms with Gasteiger partial charge in [0.25, 0.3) is 0 Å². The molecule has 0 bridgehead atoms. The van der Waals surface area contributed by atoms with Gasteiger partial charge >= 0.3 is 11.9 Å². The first kappa shape index (κ1) is 64.8. The van der Waals surface area contributed by atoms with Crippen LogP contribution in [0.25, 0.3) is 33.4 Å². The Labute approximate surface area is 475 Å². The van der Waals surface area contributed by atoms with Gasteiger partial charge in [-0.3, -0.25) is 0 Å². The highest BCUT2D eigenvalue weighted by molar-refractivity contribution is 7.20. The van der Waals surface area contributed by atoms with Gasteiger partial charge in [-0.1, -0.05) is 24.8 Å². The van der Waals surface area contributed by atoms with Crippen LogP contribution in [-0.2, 0) is 14.3 Å². The van der Waals surface area contributed by atoms with Gasteiger partial charge in [0.2, 0.25) is 5.36 Å². The van der Waals surface area contributed by atoms with Crippen molar-refractivity contribution in [1.29, 1.82) is 0 Å². The number of hydrogen-bond donors (Lipinski definition) is 0. The Kier molecular flexibility index (Phi) is 19.2. The number of nitrogens with zero attached hydrogens (tertiary/aromatic N) is 2. The molecule has 454 valence electrons. The molecule has 8 rings (SSSR count). The summed E-state index contributed by atoms with van der Waals surface area (Å²) < 4.78 is 302. The average Bonchev–Trinajstić information content (AvgIpc) is 0.702. The number of anilines is 1. The average molecular weight is 1230 g/mol. The summed E-state index contributed by atoms with van der Waals surface area (Å²) in [4.78, 5) is 27.3. The third kappa shape index (κ3) is 10.9. The fourth-order valence-electron chi connectivity index (χ4n) is 10.1. The number of esters is 2. The molecule has 0 unspecified atom stereocenters. The van der Waals surface area contributed by atoms with Gasteiger partial charge in [-0.15, -0.1) is 21.9 Å². The van der Waals surface area contributed by atoms with E-state index in [4.69, 9.17) is 13.9 Å². The Morgan fingerprint density at radius 2 is 0.919 bits per heavy atom. The summed E-state index contributed by atoms with van der Waals surface area (Å²) in [5, 5.41) is 1.98. The van der Waals surface area contributed by atoms with Crippen molar-refractivity contribution >= 4 is 56.6 Å². The van der Waals surface area contributed by atoms with Crippen molar-refractivity contribution in [2.75, 3.05) is 44.3 Å². The molecule has 1 heterocycles. The zero-order chi connectivity index (χ0) is 63.9. The van der Waals surface area contributed by atoms with Crippen molar-refractivity contribution in [1.82, 2.24) is 4.58 Å². The number of rotatable bonds is 15. The molecule has 0 fully saturated rings. The molecular formula is C59H42BF19N2O5. The predicted octanol–water partition coefficient (Wildman–Crippen LogP) is 12.2. The molecule has 27 heteroatoms. The maximum absolute atomic E-state index is 15.6. The molecule has 1 aliphatic carbocycles. The zero-order valence-corrected chi connectivity index (χ0v) is 45.4. The van der Waals surface area contributed by atoms with Crippen LogP contribution in [0.1, 0.15) is 50.5 Å². The van der Waals surface area contributed by atoms with E-state index in [0.717, 1.165) is 70.6 Å². The van der Waals surface area contributed by atoms with Crippen LogP contribution in [0.3, 0.4) is 0 Å². The molecule has 0 radical (unpaired) electrons. The lowest BCUT2D eigenvalue weighted by atomic mass is 9.12. The van der Waals surface area contributed by atoms with Crippen molar-refractivity contribution in [2.24, 2.45) is 0 Å². The minimum atomic E-state index is -7.05. The molecule has 7 nitrogen and oxygen atoms in total. The number of benzene rings is 7. The highest BCUT2D eigenvalue weighted by atomic mass is 19.2. The van der Waals surface area contributed by atoms with E-state index >= 15 is 35.1 Å². The third-order valence-electron chi connectivity index (χ3n) is 14.2. The van der Waals surface area contributed by atoms with Crippen LogP contribution in [0.5, 0.6) is 0 Å². The molecule has 86 heavy (non-hydrogen) atoms. The lowest BCUT2D eigenvalue weighted by Crippen LogP contribution is -2.81. The Morgan fingerprint density at radius 1 is 0.512 bits per heavy atom. The maximum Gasteiger partial charge on any atom is 0.338 e. The fraction of sp³-hybridized carbons (Fsp3) is 0.203. The van der Waals surface area contributed by atoms with E-state index in [1.807, 2.05) is 18.2 Å². The van der Waals surface area contributed by atoms with Crippen LogP contribution in [0.4, 0.5) is 89.1 Å². The van der Waals surface area contributed by atoms with Gasteiger partial charge in [0, 0.05) is 58.6 Å². The molecule has 0 saturated heterocycles. The molecule has 0 N–H and O–H groups in total. The number of ether oxygens (including phenoxy) is 2. The monoisotopic (exact) mass is 1230 g/mol. The summed E-state index contributed by atoms with van der Waals surface area (Å²) >= 11 is 0. The van der Waals surface area contributed by atoms with Crippen molar-refractivity contribution in [3.8, 4) is 22.5 Å². The van der Waals surface area contributed by atoms with Crippen LogP contribution in [0, 0.1) is 117 Å². The number of carbonyl (C=O) groups excluding carboxylic acids is 2. The van der Waals surface area contributed by atoms with Gasteiger partial charge in [-0.25, -0.2) is 97.6 Å². The normalized spacial score (nSPS) is 11.5. The summed E-state index contributed by atoms with van der Waals surface area (Å²) in [6.45, 7) is 17.2. The van der Waals surface area contributed by atoms with Crippen molar-refractivity contribution in [2.45, 2.75) is 41.5 Å². The van der Waals surface area contributed by atoms with E-state index in [0.29, 0.717) is 11.1 Å². The second-order valence-corrected chi connectivity index (χ2v) is 18.9. The summed E-state index contributed by atoms with van der Waals surface area (Å²) in [5.41, 5.74) is -10.5. The first-order valence-corrected chi connectivity index (χ1v) is 25.5. The van der Waals surface area contributed by atoms with Crippen molar-refractivity contribution in [3.05, 3.63) is 200 Å². The number of hydrogen-bond acceptors (Lipinski definition) is 6. The molecule has 0 aromatic heterocycles. The Balaban J connectivity index is 0.000000247. The van der Waals surface area contributed by atoms with Gasteiger partial charge in [0.15, 0.2) is 64.0 Å². The number of carbonyl (C=O) groups is 2. The molecule has 1 aliphatic heterocycles. The molecule has 6 aromatic carbocycles. The van der Waals surface area contributed by atoms with E-state index in [2.05, 4.69) is 80.1 Å². The van der Waals surface area contributed by atoms with Gasteiger partial charge in [0.1, 0.15) is 90.3 Å². The van der Waals surface area contributed by atoms with E-state index in [-0.39, 0.29) is 20.1 Å². The smallest absolute Gasteiger partial charge is 0.338 e. The Morgan fingerprint density at radius 3 is 1.34 bits per heavy atom. The van der Waals surface area contributed by atoms with E-state index in [9.17, 15) is 57.9 Å². The topological polar surface area (TPSA) is 72.0 Å².